The molecule has 2 saturated heterocycles. The van der Waals surface area contributed by atoms with Crippen LogP contribution in [0.4, 0.5) is 8.78 Å². The highest BCUT2D eigenvalue weighted by Crippen LogP contribution is 2.32. The maximum atomic E-state index is 15.0. The van der Waals surface area contributed by atoms with Gasteiger partial charge in [-0.1, -0.05) is 29.3 Å². The number of carbonyl (C=O) groups is 1. The number of amides is 1. The Morgan fingerprint density at radius 3 is 2.40 bits per heavy atom. The summed E-state index contributed by atoms with van der Waals surface area (Å²) in [6.07, 6.45) is -9.57. The Morgan fingerprint density at radius 1 is 1.00 bits per heavy atom. The van der Waals surface area contributed by atoms with E-state index >= 15 is 4.39 Å². The second-order valence-corrected chi connectivity index (χ2v) is 11.9. The van der Waals surface area contributed by atoms with E-state index in [0.717, 1.165) is 18.2 Å². The van der Waals surface area contributed by atoms with E-state index < -0.39 is 72.6 Å². The van der Waals surface area contributed by atoms with E-state index in [1.54, 1.807) is 0 Å². The maximum Gasteiger partial charge on any atom is 0.269 e. The molecule has 2 heterocycles. The van der Waals surface area contributed by atoms with E-state index in [9.17, 15) is 34.7 Å². The number of allylic oxidation sites excluding steroid dienone is 1. The zero-order valence-corrected chi connectivity index (χ0v) is 26.3. The Kier molecular flexibility index (Phi) is 10.9. The number of aliphatic hydroxyl groups is 5. The van der Waals surface area contributed by atoms with Crippen LogP contribution in [0, 0.1) is 11.6 Å². The fraction of sp³-hybridized carbons (Fsp3) is 0.433. The lowest BCUT2D eigenvalue weighted by atomic mass is 9.83. The number of fused-ring (bicyclic) bond motifs is 1. The molecule has 3 fully saturated rings. The number of ether oxygens (including phenoxy) is 4. The van der Waals surface area contributed by atoms with Gasteiger partial charge in [-0.15, -0.1) is 0 Å². The fourth-order valence-corrected chi connectivity index (χ4v) is 5.71. The van der Waals surface area contributed by atoms with Crippen molar-refractivity contribution in [3.05, 3.63) is 80.2 Å². The first-order chi connectivity index (χ1) is 22.3. The van der Waals surface area contributed by atoms with Crippen LogP contribution in [-0.2, 0) is 30.4 Å². The summed E-state index contributed by atoms with van der Waals surface area (Å²) in [6, 6.07) is 4.60. The molecule has 47 heavy (non-hydrogen) atoms. The van der Waals surface area contributed by atoms with Crippen molar-refractivity contribution in [2.24, 2.45) is 0 Å². The first kappa shape index (κ1) is 35.2. The Hall–Kier alpha value is -3.09. The van der Waals surface area contributed by atoms with Crippen molar-refractivity contribution in [3.8, 4) is 5.75 Å². The second-order valence-electron chi connectivity index (χ2n) is 11.1. The first-order valence-corrected chi connectivity index (χ1v) is 15.0. The third-order valence-electron chi connectivity index (χ3n) is 7.85. The van der Waals surface area contributed by atoms with E-state index in [0.29, 0.717) is 0 Å². The molecule has 7 N–H and O–H groups in total. The molecule has 0 aromatic heterocycles. The van der Waals surface area contributed by atoms with Crippen LogP contribution in [0.25, 0.3) is 6.08 Å². The van der Waals surface area contributed by atoms with Gasteiger partial charge in [-0.05, 0) is 49.8 Å². The molecule has 0 unspecified atom stereocenters. The number of benzene rings is 2. The lowest BCUT2D eigenvalue weighted by Gasteiger charge is -2.41. The molecule has 0 spiro atoms. The van der Waals surface area contributed by atoms with Gasteiger partial charge in [0, 0.05) is 11.1 Å². The van der Waals surface area contributed by atoms with Gasteiger partial charge in [-0.3, -0.25) is 15.1 Å². The smallest absolute Gasteiger partial charge is 0.269 e. The lowest BCUT2D eigenvalue weighted by molar-refractivity contribution is -0.155. The first-order valence-electron chi connectivity index (χ1n) is 14.2. The number of hydroxylamine groups is 1. The number of aliphatic hydroxyl groups excluding tert-OH is 5. The minimum absolute atomic E-state index is 0.00132. The largest absolute Gasteiger partial charge is 0.452 e. The fourth-order valence-electron chi connectivity index (χ4n) is 5.32. The molecule has 0 radical (unpaired) electrons. The van der Waals surface area contributed by atoms with Crippen molar-refractivity contribution in [2.45, 2.75) is 75.5 Å². The number of hydrogen-bond acceptors (Lipinski definition) is 12. The van der Waals surface area contributed by atoms with Crippen molar-refractivity contribution >= 4 is 35.2 Å². The Labute approximate surface area is 276 Å². The van der Waals surface area contributed by atoms with Gasteiger partial charge in [0.1, 0.15) is 55.8 Å². The summed E-state index contributed by atoms with van der Waals surface area (Å²) >= 11 is 11.9. The SMILES string of the molecule is CC(=Cc1ccc(O[C@@H]2OC(=C(C)NOCc3cc(F)cc(Cl)c3Cl)[C@@H](O)[C@H]2O)c(F)c1)C(=O)N[C@@H]1[C@H](O)[C@@H](O)[C@H]2OCO[C@H]2[C@@H]1O. The normalized spacial score (nSPS) is 31.6. The summed E-state index contributed by atoms with van der Waals surface area (Å²) in [5, 5.41) is 54.8. The second kappa shape index (κ2) is 14.6. The van der Waals surface area contributed by atoms with Crippen molar-refractivity contribution in [1.29, 1.82) is 0 Å². The molecule has 1 amide bonds. The summed E-state index contributed by atoms with van der Waals surface area (Å²) in [4.78, 5) is 18.1. The van der Waals surface area contributed by atoms with Gasteiger partial charge in [-0.2, -0.15) is 0 Å². The standard InChI is InChI=1S/C30H32Cl2F2N2O11/c1-11(29(42)35-20-21(37)23(39)28-27(22(20)38)43-10-44-28)5-13-3-4-18(17(34)6-13)46-30-25(41)24(40)26(47-30)12(2)36-45-9-14-7-15(33)8-16(31)19(14)32/h3-8,20-25,27-28,30,36-41H,9-10H2,1-2H3,(H,35,42)/t20-,21+,22-,23-,24+,25-,27+,28-,30-/m1/s1. The average molecular weight is 705 g/mol. The third-order valence-corrected chi connectivity index (χ3v) is 8.69. The topological polar surface area (TPSA) is 188 Å². The monoisotopic (exact) mass is 704 g/mol. The zero-order chi connectivity index (χ0) is 34.2. The molecule has 17 heteroatoms. The Bertz CT molecular complexity index is 1560. The lowest BCUT2D eigenvalue weighted by Crippen LogP contribution is -2.67. The van der Waals surface area contributed by atoms with Crippen molar-refractivity contribution in [2.75, 3.05) is 6.79 Å². The van der Waals surface area contributed by atoms with Crippen LogP contribution >= 0.6 is 23.2 Å². The number of hydrogen-bond donors (Lipinski definition) is 7. The van der Waals surface area contributed by atoms with Gasteiger partial charge in [0.25, 0.3) is 6.29 Å². The highest BCUT2D eigenvalue weighted by atomic mass is 35.5. The molecule has 256 valence electrons. The van der Waals surface area contributed by atoms with Crippen LogP contribution in [0.3, 0.4) is 0 Å². The summed E-state index contributed by atoms with van der Waals surface area (Å²) in [7, 11) is 0. The summed E-state index contributed by atoms with van der Waals surface area (Å²) in [6.45, 7) is 2.49. The van der Waals surface area contributed by atoms with Crippen LogP contribution in [-0.4, -0.2) is 93.3 Å². The van der Waals surface area contributed by atoms with Crippen molar-refractivity contribution in [3.63, 3.8) is 0 Å². The minimum Gasteiger partial charge on any atom is -0.452 e. The molecule has 3 aliphatic rings. The van der Waals surface area contributed by atoms with E-state index in [1.807, 2.05) is 0 Å². The van der Waals surface area contributed by atoms with Gasteiger partial charge in [0.2, 0.25) is 5.91 Å². The molecule has 1 aliphatic carbocycles. The Balaban J connectivity index is 1.19. The zero-order valence-electron chi connectivity index (χ0n) is 24.8. The summed E-state index contributed by atoms with van der Waals surface area (Å²) in [5.74, 6) is -2.70. The van der Waals surface area contributed by atoms with Crippen LogP contribution in [0.5, 0.6) is 5.75 Å². The van der Waals surface area contributed by atoms with E-state index in [-0.39, 0.29) is 57.4 Å². The van der Waals surface area contributed by atoms with Crippen LogP contribution < -0.4 is 15.5 Å². The van der Waals surface area contributed by atoms with Gasteiger partial charge in [-0.25, -0.2) is 8.78 Å². The van der Waals surface area contributed by atoms with E-state index in [1.165, 1.54) is 32.1 Å². The molecule has 1 saturated carbocycles. The van der Waals surface area contributed by atoms with Crippen LogP contribution in [0.1, 0.15) is 25.0 Å². The predicted octanol–water partition coefficient (Wildman–Crippen LogP) is 1.41. The third kappa shape index (κ3) is 7.49. The van der Waals surface area contributed by atoms with Crippen molar-refractivity contribution in [1.82, 2.24) is 10.8 Å². The number of carbonyl (C=O) groups excluding carboxylic acids is 1. The van der Waals surface area contributed by atoms with Gasteiger partial charge >= 0.3 is 0 Å². The van der Waals surface area contributed by atoms with Crippen LogP contribution in [0.2, 0.25) is 10.0 Å². The molecule has 5 rings (SSSR count). The Morgan fingerprint density at radius 2 is 1.70 bits per heavy atom. The quantitative estimate of drug-likeness (QED) is 0.113. The molecule has 0 bridgehead atoms. The molecule has 2 aromatic carbocycles. The van der Waals surface area contributed by atoms with Crippen LogP contribution in [0.15, 0.2) is 47.4 Å². The number of nitrogens with one attached hydrogen (secondary N) is 2. The highest BCUT2D eigenvalue weighted by Gasteiger charge is 2.53. The van der Waals surface area contributed by atoms with E-state index in [2.05, 4.69) is 10.8 Å². The van der Waals surface area contributed by atoms with Gasteiger partial charge in [0.15, 0.2) is 23.4 Å². The molecule has 9 atom stereocenters. The maximum absolute atomic E-state index is 15.0. The number of halogens is 4. The van der Waals surface area contributed by atoms with Gasteiger partial charge < -0.3 is 49.8 Å². The minimum atomic E-state index is -1.62. The van der Waals surface area contributed by atoms with Gasteiger partial charge in [0.05, 0.1) is 21.8 Å². The molecule has 2 aliphatic heterocycles. The molecule has 2 aromatic rings. The van der Waals surface area contributed by atoms with E-state index in [4.69, 9.17) is 47.0 Å². The molecular formula is C30H32Cl2F2N2O11. The summed E-state index contributed by atoms with van der Waals surface area (Å²) in [5.41, 5.74) is 3.20. The highest BCUT2D eigenvalue weighted by molar-refractivity contribution is 6.42. The summed E-state index contributed by atoms with van der Waals surface area (Å²) < 4.78 is 50.1. The molecular weight excluding hydrogens is 673 g/mol. The molecule has 13 nitrogen and oxygen atoms in total. The number of rotatable bonds is 9. The average Bonchev–Trinajstić information content (AvgIpc) is 3.63. The van der Waals surface area contributed by atoms with Crippen molar-refractivity contribution < 1.29 is 62.9 Å². The predicted molar refractivity (Wildman–Crippen MR) is 159 cm³/mol.